The Kier molecular flexibility index (Phi) is 5.32. The summed E-state index contributed by atoms with van der Waals surface area (Å²) in [5.74, 6) is 0.0732. The minimum absolute atomic E-state index is 0.0732. The smallest absolute Gasteiger partial charge is 0.279 e. The van der Waals surface area contributed by atoms with Crippen LogP contribution in [0.5, 0.6) is 0 Å². The van der Waals surface area contributed by atoms with Gasteiger partial charge >= 0.3 is 0 Å². The first kappa shape index (κ1) is 14.8. The van der Waals surface area contributed by atoms with Crippen molar-refractivity contribution in [1.82, 2.24) is 0 Å². The second-order valence-electron chi connectivity index (χ2n) is 4.95. The van der Waals surface area contributed by atoms with Crippen molar-refractivity contribution in [3.8, 4) is 0 Å². The summed E-state index contributed by atoms with van der Waals surface area (Å²) >= 11 is 1.75. The number of aryl methyl sites for hydroxylation is 1. The molecule has 4 heteroatoms. The molecule has 0 bridgehead atoms. The van der Waals surface area contributed by atoms with E-state index in [-0.39, 0.29) is 5.91 Å². The third kappa shape index (κ3) is 4.47. The second-order valence-corrected chi connectivity index (χ2v) is 5.99. The summed E-state index contributed by atoms with van der Waals surface area (Å²) in [4.78, 5) is 14.7. The van der Waals surface area contributed by atoms with Gasteiger partial charge in [-0.25, -0.2) is 0 Å². The van der Waals surface area contributed by atoms with E-state index < -0.39 is 0 Å². The zero-order chi connectivity index (χ0) is 14.4. The molecule has 1 unspecified atom stereocenters. The van der Waals surface area contributed by atoms with Crippen molar-refractivity contribution < 1.29 is 9.69 Å². The van der Waals surface area contributed by atoms with Gasteiger partial charge in [-0.2, -0.15) is 0 Å². The van der Waals surface area contributed by atoms with Crippen LogP contribution in [0.25, 0.3) is 0 Å². The van der Waals surface area contributed by atoms with E-state index in [1.807, 2.05) is 31.2 Å². The monoisotopic (exact) mass is 289 g/mol. The molecule has 1 heterocycles. The van der Waals surface area contributed by atoms with E-state index in [1.165, 1.54) is 9.78 Å². The lowest BCUT2D eigenvalue weighted by Crippen LogP contribution is -3.11. The summed E-state index contributed by atoms with van der Waals surface area (Å²) in [6, 6.07) is 12.1. The lowest BCUT2D eigenvalue weighted by Gasteiger charge is -2.16. The average molecular weight is 289 g/mol. The van der Waals surface area contributed by atoms with Gasteiger partial charge in [-0.05, 0) is 43.0 Å². The molecule has 1 amide bonds. The molecule has 1 aromatic carbocycles. The minimum atomic E-state index is 0.0732. The van der Waals surface area contributed by atoms with E-state index >= 15 is 0 Å². The molecule has 0 saturated heterocycles. The highest BCUT2D eigenvalue weighted by atomic mass is 32.1. The number of hydrogen-bond acceptors (Lipinski definition) is 2. The maximum absolute atomic E-state index is 12.1. The minimum Gasteiger partial charge on any atom is -0.323 e. The third-order valence-corrected chi connectivity index (χ3v) is 4.09. The average Bonchev–Trinajstić information content (AvgIpc) is 2.90. The number of amides is 1. The highest BCUT2D eigenvalue weighted by molar-refractivity contribution is 7.09. The Morgan fingerprint density at radius 3 is 2.80 bits per heavy atom. The van der Waals surface area contributed by atoms with Crippen LogP contribution in [0.2, 0.25) is 0 Å². The van der Waals surface area contributed by atoms with Gasteiger partial charge in [0.1, 0.15) is 6.54 Å². The summed E-state index contributed by atoms with van der Waals surface area (Å²) in [5.41, 5.74) is 2.03. The predicted molar refractivity (Wildman–Crippen MR) is 84.2 cm³/mol. The molecule has 106 valence electrons. The zero-order valence-corrected chi connectivity index (χ0v) is 12.8. The van der Waals surface area contributed by atoms with E-state index in [1.54, 1.807) is 11.3 Å². The maximum atomic E-state index is 12.1. The molecular weight excluding hydrogens is 268 g/mol. The van der Waals surface area contributed by atoms with Gasteiger partial charge in [0.15, 0.2) is 6.54 Å². The number of carbonyl (C=O) groups excluding carboxylic acids is 1. The molecule has 3 nitrogen and oxygen atoms in total. The summed E-state index contributed by atoms with van der Waals surface area (Å²) in [6.07, 6.45) is 0. The predicted octanol–water partition coefficient (Wildman–Crippen LogP) is 2.10. The molecule has 0 radical (unpaired) electrons. The fraction of sp³-hybridized carbons (Fsp3) is 0.312. The van der Waals surface area contributed by atoms with E-state index in [0.717, 1.165) is 24.3 Å². The van der Waals surface area contributed by atoms with Crippen molar-refractivity contribution in [3.05, 3.63) is 52.2 Å². The molecule has 2 N–H and O–H groups in total. The molecular formula is C16H21N2OS+. The first-order valence-corrected chi connectivity index (χ1v) is 7.78. The highest BCUT2D eigenvalue weighted by Gasteiger charge is 2.13. The van der Waals surface area contributed by atoms with Crippen molar-refractivity contribution >= 4 is 22.9 Å². The Balaban J connectivity index is 1.89. The van der Waals surface area contributed by atoms with Gasteiger partial charge in [0.25, 0.3) is 5.91 Å². The van der Waals surface area contributed by atoms with E-state index in [9.17, 15) is 4.79 Å². The van der Waals surface area contributed by atoms with Crippen LogP contribution < -0.4 is 10.2 Å². The molecule has 1 aromatic heterocycles. The van der Waals surface area contributed by atoms with Crippen molar-refractivity contribution in [2.45, 2.75) is 20.4 Å². The van der Waals surface area contributed by atoms with Crippen LogP contribution >= 0.6 is 11.3 Å². The zero-order valence-electron chi connectivity index (χ0n) is 12.0. The molecule has 0 saturated carbocycles. The van der Waals surface area contributed by atoms with Crippen molar-refractivity contribution in [2.24, 2.45) is 0 Å². The maximum Gasteiger partial charge on any atom is 0.279 e. The summed E-state index contributed by atoms with van der Waals surface area (Å²) in [5, 5.41) is 5.05. The van der Waals surface area contributed by atoms with E-state index in [0.29, 0.717) is 6.54 Å². The Bertz CT molecular complexity index is 551. The molecule has 0 aliphatic rings. The van der Waals surface area contributed by atoms with Crippen molar-refractivity contribution in [1.29, 1.82) is 0 Å². The first-order chi connectivity index (χ1) is 9.67. The number of nitrogens with one attached hydrogen (secondary N) is 2. The molecule has 20 heavy (non-hydrogen) atoms. The molecule has 0 aliphatic heterocycles. The second kappa shape index (κ2) is 7.22. The lowest BCUT2D eigenvalue weighted by atomic mass is 10.2. The van der Waals surface area contributed by atoms with Gasteiger partial charge in [-0.3, -0.25) is 4.79 Å². The van der Waals surface area contributed by atoms with Gasteiger partial charge in [0, 0.05) is 5.69 Å². The van der Waals surface area contributed by atoms with Crippen LogP contribution in [0.3, 0.4) is 0 Å². The quantitative estimate of drug-likeness (QED) is 0.839. The molecule has 1 atom stereocenters. The Morgan fingerprint density at radius 1 is 1.30 bits per heavy atom. The molecule has 2 rings (SSSR count). The fourth-order valence-electron chi connectivity index (χ4n) is 2.13. The molecule has 0 fully saturated rings. The van der Waals surface area contributed by atoms with Gasteiger partial charge < -0.3 is 10.2 Å². The number of anilines is 1. The SMILES string of the molecule is CC[NH+](CC(=O)Nc1cccc(C)c1)Cc1cccs1. The van der Waals surface area contributed by atoms with E-state index in [2.05, 4.69) is 29.8 Å². The first-order valence-electron chi connectivity index (χ1n) is 6.90. The summed E-state index contributed by atoms with van der Waals surface area (Å²) in [7, 11) is 0. The number of thiophene rings is 1. The van der Waals surface area contributed by atoms with Crippen molar-refractivity contribution in [3.63, 3.8) is 0 Å². The lowest BCUT2D eigenvalue weighted by molar-refractivity contribution is -0.903. The third-order valence-electron chi connectivity index (χ3n) is 3.22. The van der Waals surface area contributed by atoms with Crippen LogP contribution in [-0.4, -0.2) is 19.0 Å². The number of likely N-dealkylation sites (N-methyl/N-ethyl adjacent to an activating group) is 1. The number of rotatable bonds is 6. The Labute approximate surface area is 124 Å². The number of benzene rings is 1. The standard InChI is InChI=1S/C16H20N2OS/c1-3-18(11-15-8-5-9-20-15)12-16(19)17-14-7-4-6-13(2)10-14/h4-10H,3,11-12H2,1-2H3,(H,17,19)/p+1. The van der Waals surface area contributed by atoms with Crippen molar-refractivity contribution in [2.75, 3.05) is 18.4 Å². The Hall–Kier alpha value is -1.65. The van der Waals surface area contributed by atoms with Crippen LogP contribution in [0.1, 0.15) is 17.4 Å². The van der Waals surface area contributed by atoms with Crippen LogP contribution in [0, 0.1) is 6.92 Å². The van der Waals surface area contributed by atoms with Crippen LogP contribution in [0.4, 0.5) is 5.69 Å². The van der Waals surface area contributed by atoms with Gasteiger partial charge in [-0.1, -0.05) is 18.2 Å². The summed E-state index contributed by atoms with van der Waals surface area (Å²) in [6.45, 7) is 6.50. The number of quaternary nitrogens is 1. The largest absolute Gasteiger partial charge is 0.323 e. The van der Waals surface area contributed by atoms with Gasteiger partial charge in [0.05, 0.1) is 11.4 Å². The normalized spacial score (nSPS) is 12.1. The Morgan fingerprint density at radius 2 is 2.15 bits per heavy atom. The topological polar surface area (TPSA) is 33.5 Å². The highest BCUT2D eigenvalue weighted by Crippen LogP contribution is 2.09. The summed E-state index contributed by atoms with van der Waals surface area (Å²) < 4.78 is 0. The van der Waals surface area contributed by atoms with Crippen LogP contribution in [0.15, 0.2) is 41.8 Å². The van der Waals surface area contributed by atoms with E-state index in [4.69, 9.17) is 0 Å². The number of hydrogen-bond donors (Lipinski definition) is 2. The van der Waals surface area contributed by atoms with Crippen LogP contribution in [-0.2, 0) is 11.3 Å². The van der Waals surface area contributed by atoms with Gasteiger partial charge in [-0.15, -0.1) is 11.3 Å². The fourth-order valence-corrected chi connectivity index (χ4v) is 2.90. The molecule has 0 spiro atoms. The molecule has 0 aliphatic carbocycles. The van der Waals surface area contributed by atoms with Gasteiger partial charge in [0.2, 0.25) is 0 Å². The molecule has 2 aromatic rings. The number of carbonyl (C=O) groups is 1.